The minimum absolute atomic E-state index is 0.142. The Morgan fingerprint density at radius 3 is 2.38 bits per heavy atom. The van der Waals surface area contributed by atoms with Gasteiger partial charge in [-0.25, -0.2) is 0 Å². The molecule has 32 heavy (non-hydrogen) atoms. The second-order valence-electron chi connectivity index (χ2n) is 7.09. The SMILES string of the molecule is Cc1cc(C(C#N)c2ccc(Cl)cc2)c(Cl)cc1NC(=O)CSCc1ccc(Cl)c(Cl)c1. The summed E-state index contributed by atoms with van der Waals surface area (Å²) in [6.45, 7) is 1.87. The Kier molecular flexibility index (Phi) is 8.76. The van der Waals surface area contributed by atoms with Gasteiger partial charge < -0.3 is 5.32 Å². The smallest absolute Gasteiger partial charge is 0.234 e. The van der Waals surface area contributed by atoms with Gasteiger partial charge >= 0.3 is 0 Å². The third kappa shape index (κ3) is 6.34. The van der Waals surface area contributed by atoms with E-state index in [0.29, 0.717) is 37.1 Å². The van der Waals surface area contributed by atoms with E-state index in [1.165, 1.54) is 11.8 Å². The normalized spacial score (nSPS) is 11.6. The van der Waals surface area contributed by atoms with Crippen LogP contribution in [-0.2, 0) is 10.5 Å². The zero-order valence-electron chi connectivity index (χ0n) is 17.0. The summed E-state index contributed by atoms with van der Waals surface area (Å²) in [4.78, 5) is 12.4. The first-order valence-corrected chi connectivity index (χ1v) is 12.2. The summed E-state index contributed by atoms with van der Waals surface area (Å²) in [6, 6.07) is 18.3. The van der Waals surface area contributed by atoms with Crippen molar-refractivity contribution >= 4 is 69.8 Å². The Morgan fingerprint density at radius 1 is 1.00 bits per heavy atom. The van der Waals surface area contributed by atoms with Gasteiger partial charge in [-0.2, -0.15) is 5.26 Å². The summed E-state index contributed by atoms with van der Waals surface area (Å²) >= 11 is 25.9. The number of benzene rings is 3. The van der Waals surface area contributed by atoms with Crippen molar-refractivity contribution in [2.45, 2.75) is 18.6 Å². The molecule has 8 heteroatoms. The van der Waals surface area contributed by atoms with Crippen molar-refractivity contribution in [1.29, 1.82) is 5.26 Å². The number of carbonyl (C=O) groups is 1. The van der Waals surface area contributed by atoms with Crippen molar-refractivity contribution in [3.05, 3.63) is 96.9 Å². The zero-order valence-corrected chi connectivity index (χ0v) is 20.8. The molecule has 0 bridgehead atoms. The molecular formula is C24H18Cl4N2OS. The molecule has 164 valence electrons. The fourth-order valence-corrected chi connectivity index (χ4v) is 4.61. The number of hydrogen-bond acceptors (Lipinski definition) is 3. The standard InChI is InChI=1S/C24H18Cl4N2OS/c1-14-8-18(19(11-29)16-3-5-17(25)6-4-16)21(27)10-23(14)30-24(31)13-32-12-15-2-7-20(26)22(28)9-15/h2-10,19H,12-13H2,1H3,(H,30,31). The first-order chi connectivity index (χ1) is 15.3. The van der Waals surface area contributed by atoms with Gasteiger partial charge in [-0.3, -0.25) is 4.79 Å². The van der Waals surface area contributed by atoms with Gasteiger partial charge in [0, 0.05) is 21.5 Å². The quantitative estimate of drug-likeness (QED) is 0.340. The fourth-order valence-electron chi connectivity index (χ4n) is 3.12. The highest BCUT2D eigenvalue weighted by molar-refractivity contribution is 7.99. The lowest BCUT2D eigenvalue weighted by atomic mass is 9.91. The largest absolute Gasteiger partial charge is 0.325 e. The number of nitriles is 1. The fraction of sp³-hybridized carbons (Fsp3) is 0.167. The molecule has 1 atom stereocenters. The molecule has 0 aliphatic rings. The van der Waals surface area contributed by atoms with E-state index in [0.717, 1.165) is 16.7 Å². The molecule has 0 saturated heterocycles. The van der Waals surface area contributed by atoms with Gasteiger partial charge in [0.1, 0.15) is 0 Å². The minimum atomic E-state index is -0.537. The van der Waals surface area contributed by atoms with E-state index in [9.17, 15) is 10.1 Å². The van der Waals surface area contributed by atoms with E-state index < -0.39 is 5.92 Å². The van der Waals surface area contributed by atoms with Crippen LogP contribution in [0.25, 0.3) is 0 Å². The van der Waals surface area contributed by atoms with E-state index in [1.54, 1.807) is 30.3 Å². The maximum atomic E-state index is 12.4. The molecule has 0 aromatic heterocycles. The third-order valence-corrected chi connectivity index (χ3v) is 7.07. The van der Waals surface area contributed by atoms with E-state index in [1.807, 2.05) is 31.2 Å². The summed E-state index contributed by atoms with van der Waals surface area (Å²) in [5, 5.41) is 14.6. The number of nitrogens with zero attached hydrogens (tertiary/aromatic N) is 1. The van der Waals surface area contributed by atoms with Crippen LogP contribution >= 0.6 is 58.2 Å². The first-order valence-electron chi connectivity index (χ1n) is 9.55. The second-order valence-corrected chi connectivity index (χ2v) is 9.74. The number of nitrogens with one attached hydrogen (secondary N) is 1. The minimum Gasteiger partial charge on any atom is -0.325 e. The molecular weight excluding hydrogens is 506 g/mol. The molecule has 0 aliphatic carbocycles. The van der Waals surface area contributed by atoms with E-state index in [4.69, 9.17) is 46.4 Å². The van der Waals surface area contributed by atoms with Crippen LogP contribution in [0.3, 0.4) is 0 Å². The lowest BCUT2D eigenvalue weighted by Gasteiger charge is -2.16. The van der Waals surface area contributed by atoms with Gasteiger partial charge in [0.15, 0.2) is 0 Å². The van der Waals surface area contributed by atoms with Gasteiger partial charge in [0.05, 0.1) is 27.8 Å². The van der Waals surface area contributed by atoms with Crippen LogP contribution in [0.5, 0.6) is 0 Å². The Labute approximate surface area is 211 Å². The first kappa shape index (κ1) is 24.8. The van der Waals surface area contributed by atoms with Crippen molar-refractivity contribution < 1.29 is 4.79 Å². The highest BCUT2D eigenvalue weighted by Crippen LogP contribution is 2.34. The van der Waals surface area contributed by atoms with Crippen molar-refractivity contribution in [2.24, 2.45) is 0 Å². The Balaban J connectivity index is 1.66. The summed E-state index contributed by atoms with van der Waals surface area (Å²) in [5.41, 5.74) is 3.91. The molecule has 1 N–H and O–H groups in total. The molecule has 0 radical (unpaired) electrons. The maximum Gasteiger partial charge on any atom is 0.234 e. The number of halogens is 4. The zero-order chi connectivity index (χ0) is 23.3. The molecule has 0 spiro atoms. The Morgan fingerprint density at radius 2 is 1.72 bits per heavy atom. The molecule has 0 aliphatic heterocycles. The van der Waals surface area contributed by atoms with Crippen LogP contribution in [0.15, 0.2) is 54.6 Å². The van der Waals surface area contributed by atoms with E-state index >= 15 is 0 Å². The van der Waals surface area contributed by atoms with Crippen LogP contribution in [0.4, 0.5) is 5.69 Å². The lowest BCUT2D eigenvalue weighted by molar-refractivity contribution is -0.113. The van der Waals surface area contributed by atoms with Gasteiger partial charge in [0.2, 0.25) is 5.91 Å². The van der Waals surface area contributed by atoms with Crippen molar-refractivity contribution in [3.8, 4) is 6.07 Å². The van der Waals surface area contributed by atoms with Crippen molar-refractivity contribution in [2.75, 3.05) is 11.1 Å². The third-order valence-electron chi connectivity index (χ3n) is 4.75. The van der Waals surface area contributed by atoms with Gasteiger partial charge in [-0.1, -0.05) is 70.7 Å². The second kappa shape index (κ2) is 11.3. The molecule has 3 rings (SSSR count). The number of rotatable bonds is 7. The van der Waals surface area contributed by atoms with Crippen LogP contribution in [0.2, 0.25) is 20.1 Å². The lowest BCUT2D eigenvalue weighted by Crippen LogP contribution is -2.15. The Bertz CT molecular complexity index is 1180. The number of hydrogen-bond donors (Lipinski definition) is 1. The van der Waals surface area contributed by atoms with Crippen LogP contribution in [0.1, 0.15) is 28.2 Å². The summed E-state index contributed by atoms with van der Waals surface area (Å²) < 4.78 is 0. The van der Waals surface area contributed by atoms with Crippen LogP contribution in [0, 0.1) is 18.3 Å². The molecule has 0 saturated carbocycles. The Hall–Kier alpha value is -1.87. The average molecular weight is 524 g/mol. The van der Waals surface area contributed by atoms with E-state index in [-0.39, 0.29) is 11.7 Å². The number of carbonyl (C=O) groups excluding carboxylic acids is 1. The number of amides is 1. The summed E-state index contributed by atoms with van der Waals surface area (Å²) in [7, 11) is 0. The van der Waals surface area contributed by atoms with Crippen molar-refractivity contribution in [1.82, 2.24) is 0 Å². The predicted octanol–water partition coefficient (Wildman–Crippen LogP) is 8.14. The number of anilines is 1. The molecule has 1 amide bonds. The molecule has 0 fully saturated rings. The van der Waals surface area contributed by atoms with Gasteiger partial charge in [-0.15, -0.1) is 11.8 Å². The highest BCUT2D eigenvalue weighted by atomic mass is 35.5. The highest BCUT2D eigenvalue weighted by Gasteiger charge is 2.19. The van der Waals surface area contributed by atoms with Crippen LogP contribution in [-0.4, -0.2) is 11.7 Å². The van der Waals surface area contributed by atoms with Crippen molar-refractivity contribution in [3.63, 3.8) is 0 Å². The molecule has 0 heterocycles. The van der Waals surface area contributed by atoms with Gasteiger partial charge in [0.25, 0.3) is 0 Å². The van der Waals surface area contributed by atoms with Gasteiger partial charge in [-0.05, 0) is 59.5 Å². The predicted molar refractivity (Wildman–Crippen MR) is 136 cm³/mol. The topological polar surface area (TPSA) is 52.9 Å². The summed E-state index contributed by atoms with van der Waals surface area (Å²) in [5.74, 6) is 0.222. The molecule has 3 aromatic rings. The van der Waals surface area contributed by atoms with E-state index in [2.05, 4.69) is 11.4 Å². The number of aryl methyl sites for hydroxylation is 1. The molecule has 1 unspecified atom stereocenters. The molecule has 3 nitrogen and oxygen atoms in total. The molecule has 3 aromatic carbocycles. The summed E-state index contributed by atoms with van der Waals surface area (Å²) in [6.07, 6.45) is 0. The monoisotopic (exact) mass is 522 g/mol. The number of thioether (sulfide) groups is 1. The van der Waals surface area contributed by atoms with Crippen LogP contribution < -0.4 is 5.32 Å². The average Bonchev–Trinajstić information content (AvgIpc) is 2.75. The maximum absolute atomic E-state index is 12.4.